The van der Waals surface area contributed by atoms with E-state index in [1.54, 1.807) is 0 Å². The third-order valence-electron chi connectivity index (χ3n) is 4.21. The molecular weight excluding hydrogens is 340 g/mol. The maximum Gasteiger partial charge on any atom is 0.408 e. The van der Waals surface area contributed by atoms with Crippen molar-refractivity contribution in [2.24, 2.45) is 0 Å². The van der Waals surface area contributed by atoms with Crippen molar-refractivity contribution < 1.29 is 14.3 Å². The first-order valence-electron chi connectivity index (χ1n) is 9.40. The molecular formula is C22H28N2O3. The lowest BCUT2D eigenvalue weighted by Crippen LogP contribution is -2.50. The Hall–Kier alpha value is -2.82. The molecule has 0 fully saturated rings. The fourth-order valence-corrected chi connectivity index (χ4v) is 2.81. The molecule has 0 saturated carbocycles. The molecule has 27 heavy (non-hydrogen) atoms. The Morgan fingerprint density at radius 1 is 0.926 bits per heavy atom. The van der Waals surface area contributed by atoms with Gasteiger partial charge in [0.15, 0.2) is 0 Å². The van der Waals surface area contributed by atoms with Gasteiger partial charge >= 0.3 is 6.09 Å². The van der Waals surface area contributed by atoms with Crippen molar-refractivity contribution in [2.45, 2.75) is 51.8 Å². The minimum absolute atomic E-state index is 0.0583. The molecule has 5 nitrogen and oxygen atoms in total. The normalized spacial score (nSPS) is 12.7. The Bertz CT molecular complexity index is 704. The number of carbonyl (C=O) groups excluding carboxylic acids is 2. The molecule has 0 bridgehead atoms. The standard InChI is InChI=1S/C22H28N2O3/c1-3-10-17(2)23-21(25)20(15-18-11-6-4-7-12-18)24-22(26)27-16-19-13-8-5-9-14-19/h4-9,11-14,17,20H,3,10,15-16H2,1-2H3,(H,23,25)(H,24,26). The molecule has 2 rings (SSSR count). The molecule has 0 spiro atoms. The molecule has 0 saturated heterocycles. The molecule has 0 radical (unpaired) electrons. The van der Waals surface area contributed by atoms with Gasteiger partial charge in [-0.1, -0.05) is 74.0 Å². The van der Waals surface area contributed by atoms with Gasteiger partial charge in [-0.05, 0) is 24.5 Å². The van der Waals surface area contributed by atoms with Gasteiger partial charge in [0.2, 0.25) is 5.91 Å². The lowest BCUT2D eigenvalue weighted by Gasteiger charge is -2.21. The van der Waals surface area contributed by atoms with Crippen molar-refractivity contribution in [1.82, 2.24) is 10.6 Å². The summed E-state index contributed by atoms with van der Waals surface area (Å²) >= 11 is 0. The summed E-state index contributed by atoms with van der Waals surface area (Å²) in [5, 5.41) is 5.68. The van der Waals surface area contributed by atoms with E-state index in [0.29, 0.717) is 6.42 Å². The molecule has 0 aromatic heterocycles. The Labute approximate surface area is 161 Å². The molecule has 2 aromatic rings. The summed E-state index contributed by atoms with van der Waals surface area (Å²) in [6.45, 7) is 4.20. The first-order chi connectivity index (χ1) is 13.1. The third-order valence-corrected chi connectivity index (χ3v) is 4.21. The summed E-state index contributed by atoms with van der Waals surface area (Å²) in [6.07, 6.45) is 1.68. The van der Waals surface area contributed by atoms with E-state index in [4.69, 9.17) is 4.74 Å². The van der Waals surface area contributed by atoms with E-state index in [2.05, 4.69) is 17.6 Å². The van der Waals surface area contributed by atoms with Gasteiger partial charge in [-0.15, -0.1) is 0 Å². The lowest BCUT2D eigenvalue weighted by molar-refractivity contribution is -0.123. The maximum absolute atomic E-state index is 12.7. The number of carbonyl (C=O) groups is 2. The van der Waals surface area contributed by atoms with Gasteiger partial charge < -0.3 is 15.4 Å². The Morgan fingerprint density at radius 2 is 1.52 bits per heavy atom. The van der Waals surface area contributed by atoms with Crippen LogP contribution in [0.3, 0.4) is 0 Å². The Balaban J connectivity index is 1.97. The number of ether oxygens (including phenoxy) is 1. The SMILES string of the molecule is CCCC(C)NC(=O)C(Cc1ccccc1)NC(=O)OCc1ccccc1. The van der Waals surface area contributed by atoms with E-state index < -0.39 is 12.1 Å². The van der Waals surface area contributed by atoms with Crippen LogP contribution in [0.2, 0.25) is 0 Å². The van der Waals surface area contributed by atoms with Gasteiger partial charge in [0.1, 0.15) is 12.6 Å². The number of nitrogens with one attached hydrogen (secondary N) is 2. The van der Waals surface area contributed by atoms with E-state index >= 15 is 0 Å². The average molecular weight is 368 g/mol. The summed E-state index contributed by atoms with van der Waals surface area (Å²) in [4.78, 5) is 24.9. The lowest BCUT2D eigenvalue weighted by atomic mass is 10.0. The zero-order valence-electron chi connectivity index (χ0n) is 16.0. The zero-order chi connectivity index (χ0) is 19.5. The van der Waals surface area contributed by atoms with Crippen LogP contribution in [0.15, 0.2) is 60.7 Å². The quantitative estimate of drug-likeness (QED) is 0.707. The van der Waals surface area contributed by atoms with Crippen LogP contribution in [0.1, 0.15) is 37.8 Å². The van der Waals surface area contributed by atoms with E-state index in [1.165, 1.54) is 0 Å². The number of hydrogen-bond acceptors (Lipinski definition) is 3. The predicted octanol–water partition coefficient (Wildman–Crippen LogP) is 3.83. The molecule has 2 aromatic carbocycles. The molecule has 2 N–H and O–H groups in total. The molecule has 2 unspecified atom stereocenters. The van der Waals surface area contributed by atoms with Crippen molar-refractivity contribution in [3.8, 4) is 0 Å². The summed E-state index contributed by atoms with van der Waals surface area (Å²) in [6, 6.07) is 18.4. The van der Waals surface area contributed by atoms with Gasteiger partial charge in [0.25, 0.3) is 0 Å². The number of benzene rings is 2. The van der Waals surface area contributed by atoms with Gasteiger partial charge in [0, 0.05) is 12.5 Å². The minimum Gasteiger partial charge on any atom is -0.445 e. The molecule has 2 amide bonds. The zero-order valence-corrected chi connectivity index (χ0v) is 16.0. The third kappa shape index (κ3) is 7.52. The Kier molecular flexibility index (Phi) is 8.36. The predicted molar refractivity (Wildman–Crippen MR) is 106 cm³/mol. The topological polar surface area (TPSA) is 67.4 Å². The van der Waals surface area contributed by atoms with Crippen molar-refractivity contribution >= 4 is 12.0 Å². The first kappa shape index (κ1) is 20.5. The number of alkyl carbamates (subject to hydrolysis) is 1. The molecule has 5 heteroatoms. The highest BCUT2D eigenvalue weighted by atomic mass is 16.5. The van der Waals surface area contributed by atoms with Crippen LogP contribution in [-0.4, -0.2) is 24.1 Å². The number of hydrogen-bond donors (Lipinski definition) is 2. The van der Waals surface area contributed by atoms with E-state index in [9.17, 15) is 9.59 Å². The molecule has 0 aliphatic heterocycles. The van der Waals surface area contributed by atoms with Gasteiger partial charge in [-0.25, -0.2) is 4.79 Å². The summed E-state index contributed by atoms with van der Waals surface area (Å²) in [7, 11) is 0. The molecule has 2 atom stereocenters. The summed E-state index contributed by atoms with van der Waals surface area (Å²) in [5.41, 5.74) is 1.87. The van der Waals surface area contributed by atoms with Gasteiger partial charge in [-0.3, -0.25) is 4.79 Å². The highest BCUT2D eigenvalue weighted by molar-refractivity contribution is 5.86. The molecule has 0 aliphatic rings. The molecule has 144 valence electrons. The van der Waals surface area contributed by atoms with Crippen LogP contribution in [0.5, 0.6) is 0 Å². The van der Waals surface area contributed by atoms with E-state index in [-0.39, 0.29) is 18.6 Å². The highest BCUT2D eigenvalue weighted by Crippen LogP contribution is 2.06. The fraction of sp³-hybridized carbons (Fsp3) is 0.364. The maximum atomic E-state index is 12.7. The average Bonchev–Trinajstić information content (AvgIpc) is 2.67. The van der Waals surface area contributed by atoms with Crippen LogP contribution in [0, 0.1) is 0 Å². The summed E-state index contributed by atoms with van der Waals surface area (Å²) < 4.78 is 5.27. The van der Waals surface area contributed by atoms with Crippen LogP contribution >= 0.6 is 0 Å². The van der Waals surface area contributed by atoms with Crippen molar-refractivity contribution in [3.05, 3.63) is 71.8 Å². The second-order valence-electron chi connectivity index (χ2n) is 6.65. The second kappa shape index (κ2) is 11.0. The van der Waals surface area contributed by atoms with Gasteiger partial charge in [0.05, 0.1) is 0 Å². The van der Waals surface area contributed by atoms with Crippen LogP contribution in [0.25, 0.3) is 0 Å². The molecule has 0 aliphatic carbocycles. The number of amides is 2. The first-order valence-corrected chi connectivity index (χ1v) is 9.40. The highest BCUT2D eigenvalue weighted by Gasteiger charge is 2.23. The van der Waals surface area contributed by atoms with Crippen molar-refractivity contribution in [3.63, 3.8) is 0 Å². The van der Waals surface area contributed by atoms with Crippen molar-refractivity contribution in [1.29, 1.82) is 0 Å². The summed E-state index contributed by atoms with van der Waals surface area (Å²) in [5.74, 6) is -0.198. The monoisotopic (exact) mass is 368 g/mol. The largest absolute Gasteiger partial charge is 0.445 e. The number of rotatable bonds is 9. The smallest absolute Gasteiger partial charge is 0.408 e. The minimum atomic E-state index is -0.685. The Morgan fingerprint density at radius 3 is 2.11 bits per heavy atom. The van der Waals surface area contributed by atoms with E-state index in [0.717, 1.165) is 24.0 Å². The van der Waals surface area contributed by atoms with Gasteiger partial charge in [-0.2, -0.15) is 0 Å². The van der Waals surface area contributed by atoms with Crippen molar-refractivity contribution in [2.75, 3.05) is 0 Å². The van der Waals surface area contributed by atoms with E-state index in [1.807, 2.05) is 67.6 Å². The fourth-order valence-electron chi connectivity index (χ4n) is 2.81. The van der Waals surface area contributed by atoms with Crippen LogP contribution < -0.4 is 10.6 Å². The van der Waals surface area contributed by atoms with Crippen LogP contribution in [-0.2, 0) is 22.6 Å². The molecule has 0 heterocycles. The second-order valence-corrected chi connectivity index (χ2v) is 6.65. The van der Waals surface area contributed by atoms with Crippen LogP contribution in [0.4, 0.5) is 4.79 Å².